The molecule has 118 heavy (non-hydrogen) atoms. The number of pyridine rings is 1. The van der Waals surface area contributed by atoms with Gasteiger partial charge in [0.05, 0.1) is 44.1 Å². The topological polar surface area (TPSA) is 110 Å². The molecule has 0 aliphatic heterocycles. The molecule has 0 atom stereocenters. The zero-order chi connectivity index (χ0) is 78.0. The SMILES string of the molecule is c1ccc(-c2nc(-c3ccccc3)nc(-c3ccc(-n4c5ccccc5c5cc(-c6ccc(-c7ccc8c(c7)c7ccccc7n8-c7ccccc7)cc6)ccc54)cc3)n2)cc1.c1ccc(-c2nc(-c3ccccc3)nc(-n3c4ccccc4c4cc(-c5ccc(-c6ccc7c(c6)c6ccccc6n7-c6ccncc6)cc5)ccc43)n2)cc1. The van der Waals surface area contributed by atoms with Crippen LogP contribution in [0.5, 0.6) is 0 Å². The molecule has 0 spiro atoms. The number of aromatic nitrogens is 11. The van der Waals surface area contributed by atoms with E-state index in [1.165, 1.54) is 93.5 Å². The molecule has 0 saturated heterocycles. The number of benzene rings is 16. The molecule has 11 heteroatoms. The Morgan fingerprint density at radius 1 is 0.144 bits per heavy atom. The molecular weight excluding hydrogens is 1440 g/mol. The van der Waals surface area contributed by atoms with Gasteiger partial charge in [-0.1, -0.05) is 285 Å². The maximum Gasteiger partial charge on any atom is 0.238 e. The fourth-order valence-electron chi connectivity index (χ4n) is 17.0. The summed E-state index contributed by atoms with van der Waals surface area (Å²) in [4.78, 5) is 34.1. The summed E-state index contributed by atoms with van der Waals surface area (Å²) in [7, 11) is 0. The average molecular weight is 1510 g/mol. The second kappa shape index (κ2) is 29.1. The van der Waals surface area contributed by atoms with E-state index in [9.17, 15) is 0 Å². The average Bonchev–Trinajstić information content (AvgIpc) is 1.60. The minimum absolute atomic E-state index is 0.585. The van der Waals surface area contributed by atoms with Crippen LogP contribution < -0.4 is 0 Å². The second-order valence-electron chi connectivity index (χ2n) is 29.6. The predicted molar refractivity (Wildman–Crippen MR) is 484 cm³/mol. The third-order valence-electron chi connectivity index (χ3n) is 22.7. The van der Waals surface area contributed by atoms with Crippen molar-refractivity contribution in [2.75, 3.05) is 0 Å². The number of para-hydroxylation sites is 5. The third-order valence-corrected chi connectivity index (χ3v) is 22.7. The van der Waals surface area contributed by atoms with E-state index in [4.69, 9.17) is 29.9 Å². The van der Waals surface area contributed by atoms with Crippen LogP contribution in [0.4, 0.5) is 0 Å². The first-order valence-electron chi connectivity index (χ1n) is 39.7. The lowest BCUT2D eigenvalue weighted by Crippen LogP contribution is -2.06. The maximum absolute atomic E-state index is 5.08. The molecule has 0 aliphatic rings. The van der Waals surface area contributed by atoms with Crippen LogP contribution in [0.15, 0.2) is 419 Å². The lowest BCUT2D eigenvalue weighted by molar-refractivity contribution is 0.953. The number of nitrogens with zero attached hydrogens (tertiary/aromatic N) is 11. The molecule has 7 heterocycles. The summed E-state index contributed by atoms with van der Waals surface area (Å²) in [6.07, 6.45) is 3.69. The highest BCUT2D eigenvalue weighted by molar-refractivity contribution is 6.14. The van der Waals surface area contributed by atoms with Gasteiger partial charge in [-0.3, -0.25) is 9.55 Å². The molecule has 0 fully saturated rings. The Hall–Kier alpha value is -16.1. The van der Waals surface area contributed by atoms with Crippen molar-refractivity contribution >= 4 is 87.2 Å². The predicted octanol–water partition coefficient (Wildman–Crippen LogP) is 26.5. The van der Waals surface area contributed by atoms with E-state index in [2.05, 4.69) is 308 Å². The van der Waals surface area contributed by atoms with Gasteiger partial charge in [0.2, 0.25) is 5.95 Å². The summed E-state index contributed by atoms with van der Waals surface area (Å²) in [5, 5.41) is 9.67. The number of fused-ring (bicyclic) bond motifs is 12. The van der Waals surface area contributed by atoms with Crippen molar-refractivity contribution in [2.24, 2.45) is 0 Å². The van der Waals surface area contributed by atoms with E-state index < -0.39 is 0 Å². The second-order valence-corrected chi connectivity index (χ2v) is 29.6. The smallest absolute Gasteiger partial charge is 0.238 e. The van der Waals surface area contributed by atoms with E-state index >= 15 is 0 Å². The molecule has 0 unspecified atom stereocenters. The van der Waals surface area contributed by atoms with Gasteiger partial charge in [-0.2, -0.15) is 9.97 Å². The Kier molecular flexibility index (Phi) is 17.0. The van der Waals surface area contributed by atoms with Crippen molar-refractivity contribution < 1.29 is 0 Å². The van der Waals surface area contributed by atoms with Crippen LogP contribution in [0.1, 0.15) is 0 Å². The monoisotopic (exact) mass is 1510 g/mol. The number of hydrogen-bond acceptors (Lipinski definition) is 7. The van der Waals surface area contributed by atoms with E-state index in [1.54, 1.807) is 0 Å². The van der Waals surface area contributed by atoms with Gasteiger partial charge in [0.1, 0.15) is 0 Å². The fraction of sp³-hybridized carbons (Fsp3) is 0. The summed E-state index contributed by atoms with van der Waals surface area (Å²) in [6, 6.07) is 143. The van der Waals surface area contributed by atoms with Gasteiger partial charge in [-0.15, -0.1) is 0 Å². The van der Waals surface area contributed by atoms with Crippen LogP contribution in [0, 0.1) is 0 Å². The van der Waals surface area contributed by atoms with Crippen molar-refractivity contribution in [1.29, 1.82) is 0 Å². The van der Waals surface area contributed by atoms with Crippen LogP contribution in [0.25, 0.3) is 212 Å². The fourth-order valence-corrected chi connectivity index (χ4v) is 17.0. The summed E-state index contributed by atoms with van der Waals surface area (Å²) in [5.74, 6) is 3.79. The highest BCUT2D eigenvalue weighted by atomic mass is 15.2. The van der Waals surface area contributed by atoms with Gasteiger partial charge in [0, 0.05) is 100 Å². The Morgan fingerprint density at radius 3 is 0.686 bits per heavy atom. The van der Waals surface area contributed by atoms with Gasteiger partial charge in [-0.25, -0.2) is 19.9 Å². The van der Waals surface area contributed by atoms with E-state index in [1.807, 2.05) is 134 Å². The van der Waals surface area contributed by atoms with Crippen molar-refractivity contribution in [1.82, 2.24) is 53.2 Å². The molecule has 0 saturated carbocycles. The minimum Gasteiger partial charge on any atom is -0.309 e. The van der Waals surface area contributed by atoms with E-state index in [0.717, 1.165) is 83.2 Å². The normalized spacial score (nSPS) is 11.6. The van der Waals surface area contributed by atoms with Crippen molar-refractivity contribution in [3.05, 3.63) is 419 Å². The molecule has 0 bridgehead atoms. The molecular formula is C107H69N11. The molecule has 552 valence electrons. The van der Waals surface area contributed by atoms with E-state index in [0.29, 0.717) is 35.1 Å². The highest BCUT2D eigenvalue weighted by Crippen LogP contribution is 2.42. The van der Waals surface area contributed by atoms with Crippen LogP contribution in [0.2, 0.25) is 0 Å². The molecule has 0 aliphatic carbocycles. The van der Waals surface area contributed by atoms with Gasteiger partial charge < -0.3 is 13.7 Å². The Morgan fingerprint density at radius 2 is 0.364 bits per heavy atom. The molecule has 23 aromatic rings. The highest BCUT2D eigenvalue weighted by Gasteiger charge is 2.22. The molecule has 0 radical (unpaired) electrons. The zero-order valence-corrected chi connectivity index (χ0v) is 63.8. The van der Waals surface area contributed by atoms with Crippen molar-refractivity contribution in [3.63, 3.8) is 0 Å². The first kappa shape index (κ1) is 68.7. The van der Waals surface area contributed by atoms with Crippen molar-refractivity contribution in [2.45, 2.75) is 0 Å². The van der Waals surface area contributed by atoms with Crippen LogP contribution in [-0.4, -0.2) is 53.2 Å². The van der Waals surface area contributed by atoms with Gasteiger partial charge in [-0.05, 0) is 166 Å². The van der Waals surface area contributed by atoms with Crippen LogP contribution in [0.3, 0.4) is 0 Å². The van der Waals surface area contributed by atoms with Gasteiger partial charge in [0.25, 0.3) is 0 Å². The van der Waals surface area contributed by atoms with E-state index in [-0.39, 0.29) is 0 Å². The van der Waals surface area contributed by atoms with Gasteiger partial charge >= 0.3 is 0 Å². The number of rotatable bonds is 13. The first-order chi connectivity index (χ1) is 58.5. The van der Waals surface area contributed by atoms with Crippen molar-refractivity contribution in [3.8, 4) is 124 Å². The summed E-state index contributed by atoms with van der Waals surface area (Å²) in [5.41, 5.74) is 26.6. The Labute approximate surface area is 679 Å². The van der Waals surface area contributed by atoms with Crippen LogP contribution in [-0.2, 0) is 0 Å². The molecule has 23 rings (SSSR count). The van der Waals surface area contributed by atoms with Crippen LogP contribution >= 0.6 is 0 Å². The molecule has 11 nitrogen and oxygen atoms in total. The maximum atomic E-state index is 5.08. The lowest BCUT2D eigenvalue weighted by atomic mass is 9.98. The quantitative estimate of drug-likeness (QED) is 0.113. The molecule has 16 aromatic carbocycles. The molecule has 0 amide bonds. The standard InChI is InChI=1S/C57H37N5.C50H32N6/c1-4-14-40(15-5-1)55-58-56(41-16-6-2-7-17-41)60-57(59-55)42-28-32-46(33-29-42)62-52-23-13-11-21-48(52)50-37-44(31-35-54(50)62)39-26-24-38(25-27-39)43-30-34-53-49(36-43)47-20-10-12-22-51(47)61(53)45-18-8-3-9-19-45;1-3-11-35(12-4-1)48-52-49(36-13-5-2-6-14-36)54-50(53-48)56-45-18-10-8-16-41(45)43-32-38(24-26-47(43)56)34-21-19-33(20-22-34)37-23-25-46-42(31-37)40-15-7-9-17-44(40)55(46)39-27-29-51-30-28-39/h1-37H;1-32H. The number of hydrogen-bond donors (Lipinski definition) is 0. The summed E-state index contributed by atoms with van der Waals surface area (Å²) in [6.45, 7) is 0. The first-order valence-corrected chi connectivity index (χ1v) is 39.7. The molecule has 0 N–H and O–H groups in total. The van der Waals surface area contributed by atoms with Gasteiger partial charge in [0.15, 0.2) is 29.1 Å². The third kappa shape index (κ3) is 12.3. The molecule has 7 aromatic heterocycles. The lowest BCUT2D eigenvalue weighted by Gasteiger charge is -2.11. The largest absolute Gasteiger partial charge is 0.309 e. The zero-order valence-electron chi connectivity index (χ0n) is 63.8. The Balaban J connectivity index is 0.000000143. The minimum atomic E-state index is 0.585. The summed E-state index contributed by atoms with van der Waals surface area (Å²) >= 11 is 0. The Bertz CT molecular complexity index is 7620. The summed E-state index contributed by atoms with van der Waals surface area (Å²) < 4.78 is 9.20.